The number of rotatable bonds is 8. The van der Waals surface area contributed by atoms with E-state index in [1.165, 1.54) is 37.8 Å². The van der Waals surface area contributed by atoms with E-state index in [2.05, 4.69) is 10.6 Å². The lowest BCUT2D eigenvalue weighted by molar-refractivity contribution is -0.121. The fourth-order valence-electron chi connectivity index (χ4n) is 2.99. The Morgan fingerprint density at radius 2 is 1.87 bits per heavy atom. The van der Waals surface area contributed by atoms with E-state index in [-0.39, 0.29) is 17.6 Å². The van der Waals surface area contributed by atoms with Crippen LogP contribution >= 0.6 is 0 Å². The Morgan fingerprint density at radius 1 is 1.13 bits per heavy atom. The summed E-state index contributed by atoms with van der Waals surface area (Å²) in [7, 11) is 0. The summed E-state index contributed by atoms with van der Waals surface area (Å²) in [4.78, 5) is 23.6. The van der Waals surface area contributed by atoms with Gasteiger partial charge < -0.3 is 15.7 Å². The van der Waals surface area contributed by atoms with E-state index >= 15 is 0 Å². The van der Waals surface area contributed by atoms with Crippen LogP contribution in [0.1, 0.15) is 55.3 Å². The van der Waals surface area contributed by atoms with Gasteiger partial charge in [-0.3, -0.25) is 9.59 Å². The minimum Gasteiger partial charge on any atom is -0.508 e. The first-order valence-corrected chi connectivity index (χ1v) is 8.49. The second kappa shape index (κ2) is 9.18. The molecule has 2 amide bonds. The van der Waals surface area contributed by atoms with Gasteiger partial charge in [-0.25, -0.2) is 0 Å². The number of amides is 2. The summed E-state index contributed by atoms with van der Waals surface area (Å²) in [6.07, 6.45) is 7.47. The molecule has 0 unspecified atom stereocenters. The van der Waals surface area contributed by atoms with E-state index < -0.39 is 0 Å². The molecule has 23 heavy (non-hydrogen) atoms. The van der Waals surface area contributed by atoms with Crippen molar-refractivity contribution < 1.29 is 14.7 Å². The van der Waals surface area contributed by atoms with Gasteiger partial charge in [-0.1, -0.05) is 31.7 Å². The number of phenolic OH excluding ortho intramolecular Hbond substituents is 1. The highest BCUT2D eigenvalue weighted by Gasteiger charge is 2.15. The SMILES string of the molecule is O=C(CCC1CCCC1)NCCCNC(=O)c1cccc(O)c1. The lowest BCUT2D eigenvalue weighted by atomic mass is 10.0. The quantitative estimate of drug-likeness (QED) is 0.645. The Hall–Kier alpha value is -2.04. The number of benzene rings is 1. The van der Waals surface area contributed by atoms with Gasteiger partial charge in [0.1, 0.15) is 5.75 Å². The number of phenols is 1. The molecule has 1 saturated carbocycles. The van der Waals surface area contributed by atoms with Crippen LogP contribution in [0.3, 0.4) is 0 Å². The lowest BCUT2D eigenvalue weighted by Gasteiger charge is -2.09. The Bertz CT molecular complexity index is 525. The maximum absolute atomic E-state index is 11.8. The Kier molecular flexibility index (Phi) is 6.91. The van der Waals surface area contributed by atoms with Crippen molar-refractivity contribution in [1.29, 1.82) is 0 Å². The average Bonchev–Trinajstić information content (AvgIpc) is 3.06. The van der Waals surface area contributed by atoms with Crippen molar-refractivity contribution in [3.8, 4) is 5.75 Å². The van der Waals surface area contributed by atoms with Crippen LogP contribution in [0, 0.1) is 5.92 Å². The van der Waals surface area contributed by atoms with E-state index in [4.69, 9.17) is 0 Å². The van der Waals surface area contributed by atoms with E-state index in [9.17, 15) is 14.7 Å². The Labute approximate surface area is 137 Å². The van der Waals surface area contributed by atoms with Gasteiger partial charge in [0.15, 0.2) is 0 Å². The largest absolute Gasteiger partial charge is 0.508 e. The van der Waals surface area contributed by atoms with Crippen LogP contribution in [0.4, 0.5) is 0 Å². The molecular weight excluding hydrogens is 292 g/mol. The molecule has 1 aliphatic carbocycles. The van der Waals surface area contributed by atoms with E-state index in [1.807, 2.05) is 0 Å². The molecule has 0 aromatic heterocycles. The van der Waals surface area contributed by atoms with Crippen LogP contribution in [0.25, 0.3) is 0 Å². The molecule has 0 heterocycles. The first-order chi connectivity index (χ1) is 11.1. The average molecular weight is 318 g/mol. The molecular formula is C18H26N2O3. The van der Waals surface area contributed by atoms with Crippen molar-refractivity contribution in [2.45, 2.75) is 44.9 Å². The van der Waals surface area contributed by atoms with Crippen molar-refractivity contribution in [2.24, 2.45) is 5.92 Å². The fraction of sp³-hybridized carbons (Fsp3) is 0.556. The van der Waals surface area contributed by atoms with Gasteiger partial charge in [-0.2, -0.15) is 0 Å². The van der Waals surface area contributed by atoms with E-state index in [0.29, 0.717) is 31.5 Å². The predicted octanol–water partition coefficient (Wildman–Crippen LogP) is 2.60. The molecule has 1 fully saturated rings. The summed E-state index contributed by atoms with van der Waals surface area (Å²) >= 11 is 0. The van der Waals surface area contributed by atoms with Crippen molar-refractivity contribution in [1.82, 2.24) is 10.6 Å². The molecule has 0 radical (unpaired) electrons. The molecule has 2 rings (SSSR count). The summed E-state index contributed by atoms with van der Waals surface area (Å²) in [6, 6.07) is 6.24. The molecule has 126 valence electrons. The zero-order chi connectivity index (χ0) is 16.5. The molecule has 0 atom stereocenters. The maximum Gasteiger partial charge on any atom is 0.251 e. The first kappa shape index (κ1) is 17.3. The van der Waals surface area contributed by atoms with Gasteiger partial charge in [-0.15, -0.1) is 0 Å². The molecule has 5 nitrogen and oxygen atoms in total. The fourth-order valence-corrected chi connectivity index (χ4v) is 2.99. The van der Waals surface area contributed by atoms with Crippen LogP contribution in [0.5, 0.6) is 5.75 Å². The minimum atomic E-state index is -0.214. The normalized spacial score (nSPS) is 14.6. The predicted molar refractivity (Wildman–Crippen MR) is 89.3 cm³/mol. The molecule has 0 bridgehead atoms. The van der Waals surface area contributed by atoms with Gasteiger partial charge >= 0.3 is 0 Å². The van der Waals surface area contributed by atoms with Crippen molar-refractivity contribution >= 4 is 11.8 Å². The number of hydrogen-bond donors (Lipinski definition) is 3. The van der Waals surface area contributed by atoms with Gasteiger partial charge in [0, 0.05) is 25.1 Å². The topological polar surface area (TPSA) is 78.4 Å². The summed E-state index contributed by atoms with van der Waals surface area (Å²) < 4.78 is 0. The van der Waals surface area contributed by atoms with Gasteiger partial charge in [0.05, 0.1) is 0 Å². The van der Waals surface area contributed by atoms with Crippen LogP contribution in [-0.4, -0.2) is 30.0 Å². The molecule has 0 saturated heterocycles. The molecule has 3 N–H and O–H groups in total. The number of nitrogens with one attached hydrogen (secondary N) is 2. The third-order valence-electron chi connectivity index (χ3n) is 4.32. The monoisotopic (exact) mass is 318 g/mol. The van der Waals surface area contributed by atoms with Crippen LogP contribution in [0.2, 0.25) is 0 Å². The lowest BCUT2D eigenvalue weighted by Crippen LogP contribution is -2.29. The maximum atomic E-state index is 11.8. The van der Waals surface area contributed by atoms with Crippen molar-refractivity contribution in [2.75, 3.05) is 13.1 Å². The second-order valence-corrected chi connectivity index (χ2v) is 6.20. The second-order valence-electron chi connectivity index (χ2n) is 6.20. The standard InChI is InChI=1S/C18H26N2O3/c21-16-8-3-7-15(13-16)18(23)20-12-4-11-19-17(22)10-9-14-5-1-2-6-14/h3,7-8,13-14,21H,1-2,4-6,9-12H2,(H,19,22)(H,20,23). The van der Waals surface area contributed by atoms with Crippen molar-refractivity contribution in [3.63, 3.8) is 0 Å². The number of carbonyl (C=O) groups excluding carboxylic acids is 2. The Morgan fingerprint density at radius 3 is 2.61 bits per heavy atom. The van der Waals surface area contributed by atoms with Crippen LogP contribution in [-0.2, 0) is 4.79 Å². The number of hydrogen-bond acceptors (Lipinski definition) is 3. The minimum absolute atomic E-state index is 0.0761. The highest BCUT2D eigenvalue weighted by molar-refractivity contribution is 5.94. The first-order valence-electron chi connectivity index (χ1n) is 8.49. The Balaban J connectivity index is 1.53. The number of aromatic hydroxyl groups is 1. The third kappa shape index (κ3) is 6.30. The summed E-state index contributed by atoms with van der Waals surface area (Å²) in [5.74, 6) is 0.708. The summed E-state index contributed by atoms with van der Waals surface area (Å²) in [5.41, 5.74) is 0.436. The highest BCUT2D eigenvalue weighted by atomic mass is 16.3. The van der Waals surface area contributed by atoms with Gasteiger partial charge in [0.25, 0.3) is 5.91 Å². The van der Waals surface area contributed by atoms with Gasteiger partial charge in [-0.05, 0) is 37.0 Å². The zero-order valence-corrected chi connectivity index (χ0v) is 13.5. The third-order valence-corrected chi connectivity index (χ3v) is 4.32. The summed E-state index contributed by atoms with van der Waals surface area (Å²) in [5, 5.41) is 15.0. The van der Waals surface area contributed by atoms with Crippen LogP contribution < -0.4 is 10.6 Å². The van der Waals surface area contributed by atoms with Gasteiger partial charge in [0.2, 0.25) is 5.91 Å². The van der Waals surface area contributed by atoms with E-state index in [1.54, 1.807) is 12.1 Å². The smallest absolute Gasteiger partial charge is 0.251 e. The highest BCUT2D eigenvalue weighted by Crippen LogP contribution is 2.28. The molecule has 1 aromatic rings. The number of carbonyl (C=O) groups is 2. The molecule has 0 aliphatic heterocycles. The van der Waals surface area contributed by atoms with E-state index in [0.717, 1.165) is 12.3 Å². The molecule has 1 aromatic carbocycles. The molecule has 1 aliphatic rings. The summed E-state index contributed by atoms with van der Waals surface area (Å²) in [6.45, 7) is 1.07. The van der Waals surface area contributed by atoms with Crippen molar-refractivity contribution in [3.05, 3.63) is 29.8 Å². The molecule has 5 heteroatoms. The zero-order valence-electron chi connectivity index (χ0n) is 13.5. The van der Waals surface area contributed by atoms with Crippen LogP contribution in [0.15, 0.2) is 24.3 Å². The molecule has 0 spiro atoms.